The zero-order valence-corrected chi connectivity index (χ0v) is 8.73. The van der Waals surface area contributed by atoms with Crippen LogP contribution in [0.3, 0.4) is 0 Å². The van der Waals surface area contributed by atoms with E-state index < -0.39 is 5.67 Å². The van der Waals surface area contributed by atoms with Crippen LogP contribution in [0.4, 0.5) is 4.39 Å². The van der Waals surface area contributed by atoms with E-state index in [2.05, 4.69) is 26.0 Å². The summed E-state index contributed by atoms with van der Waals surface area (Å²) in [6, 6.07) is 0. The van der Waals surface area contributed by atoms with Crippen LogP contribution < -0.4 is 0 Å². The van der Waals surface area contributed by atoms with Crippen molar-refractivity contribution in [2.75, 3.05) is 0 Å². The van der Waals surface area contributed by atoms with E-state index >= 15 is 0 Å². The molecular formula is C11H21F. The Morgan fingerprint density at radius 2 is 2.00 bits per heavy atom. The first-order valence-electron chi connectivity index (χ1n) is 4.81. The van der Waals surface area contributed by atoms with Crippen LogP contribution in [0.2, 0.25) is 0 Å². The Balaban J connectivity index is 3.57. The number of allylic oxidation sites excluding steroid dienone is 2. The van der Waals surface area contributed by atoms with Crippen LogP contribution in [-0.4, -0.2) is 5.67 Å². The topological polar surface area (TPSA) is 0 Å². The van der Waals surface area contributed by atoms with Crippen LogP contribution in [0.25, 0.3) is 0 Å². The predicted octanol–water partition coefficient (Wildman–Crippen LogP) is 4.12. The van der Waals surface area contributed by atoms with Crippen molar-refractivity contribution in [3.63, 3.8) is 0 Å². The summed E-state index contributed by atoms with van der Waals surface area (Å²) in [6.45, 7) is 7.53. The summed E-state index contributed by atoms with van der Waals surface area (Å²) in [7, 11) is 0. The third-order valence-electron chi connectivity index (χ3n) is 1.89. The summed E-state index contributed by atoms with van der Waals surface area (Å²) in [5, 5.41) is 0. The van der Waals surface area contributed by atoms with Gasteiger partial charge in [0, 0.05) is 0 Å². The lowest BCUT2D eigenvalue weighted by atomic mass is 9.97. The fourth-order valence-corrected chi connectivity index (χ4v) is 1.04. The molecule has 1 unspecified atom stereocenters. The van der Waals surface area contributed by atoms with E-state index in [0.717, 1.165) is 12.8 Å². The molecule has 0 N–H and O–H groups in total. The largest absolute Gasteiger partial charge is 0.245 e. The van der Waals surface area contributed by atoms with Crippen molar-refractivity contribution in [1.29, 1.82) is 0 Å². The fourth-order valence-electron chi connectivity index (χ4n) is 1.04. The van der Waals surface area contributed by atoms with Gasteiger partial charge in [0.1, 0.15) is 5.67 Å². The quantitative estimate of drug-likeness (QED) is 0.547. The number of alkyl halides is 1. The number of halogens is 1. The number of hydrogen-bond donors (Lipinski definition) is 0. The molecule has 0 aromatic rings. The van der Waals surface area contributed by atoms with E-state index in [1.54, 1.807) is 13.8 Å². The van der Waals surface area contributed by atoms with Crippen LogP contribution >= 0.6 is 0 Å². The molecule has 0 aliphatic rings. The summed E-state index contributed by atoms with van der Waals surface area (Å²) < 4.78 is 13.0. The van der Waals surface area contributed by atoms with Crippen LogP contribution in [0.1, 0.15) is 47.0 Å². The Labute approximate surface area is 75.9 Å². The van der Waals surface area contributed by atoms with E-state index in [1.807, 2.05) is 0 Å². The van der Waals surface area contributed by atoms with Gasteiger partial charge >= 0.3 is 0 Å². The molecule has 0 heterocycles. The molecule has 0 fully saturated rings. The van der Waals surface area contributed by atoms with Gasteiger partial charge in [-0.3, -0.25) is 0 Å². The number of rotatable bonds is 5. The Kier molecular flexibility index (Phi) is 5.19. The molecule has 0 spiro atoms. The Morgan fingerprint density at radius 1 is 1.42 bits per heavy atom. The van der Waals surface area contributed by atoms with Gasteiger partial charge in [0.15, 0.2) is 0 Å². The normalized spacial score (nSPS) is 15.4. The standard InChI is InChI=1S/C11H21F/c1-5-6-7-10(2)8-9-11(3,4)12/h6-7,10H,5,8-9H2,1-4H3/b7-6-. The monoisotopic (exact) mass is 172 g/mol. The second kappa shape index (κ2) is 5.34. The molecule has 0 rings (SSSR count). The summed E-state index contributed by atoms with van der Waals surface area (Å²) >= 11 is 0. The first kappa shape index (κ1) is 11.7. The maximum absolute atomic E-state index is 13.0. The van der Waals surface area contributed by atoms with Crippen molar-refractivity contribution in [3.8, 4) is 0 Å². The minimum Gasteiger partial charge on any atom is -0.245 e. The molecule has 0 aliphatic heterocycles. The van der Waals surface area contributed by atoms with Crippen molar-refractivity contribution in [2.24, 2.45) is 5.92 Å². The van der Waals surface area contributed by atoms with E-state index in [4.69, 9.17) is 0 Å². The van der Waals surface area contributed by atoms with Gasteiger partial charge in [-0.25, -0.2) is 4.39 Å². The van der Waals surface area contributed by atoms with E-state index in [1.165, 1.54) is 0 Å². The van der Waals surface area contributed by atoms with Gasteiger partial charge in [-0.15, -0.1) is 0 Å². The lowest BCUT2D eigenvalue weighted by Crippen LogP contribution is -2.12. The molecule has 0 saturated heterocycles. The van der Waals surface area contributed by atoms with Crippen molar-refractivity contribution in [3.05, 3.63) is 12.2 Å². The van der Waals surface area contributed by atoms with Crippen LogP contribution in [-0.2, 0) is 0 Å². The van der Waals surface area contributed by atoms with Gasteiger partial charge < -0.3 is 0 Å². The molecule has 1 heteroatoms. The van der Waals surface area contributed by atoms with Gasteiger partial charge in [-0.2, -0.15) is 0 Å². The molecule has 0 amide bonds. The Bertz CT molecular complexity index is 130. The highest BCUT2D eigenvalue weighted by Crippen LogP contribution is 2.20. The minimum atomic E-state index is -1.01. The van der Waals surface area contributed by atoms with Gasteiger partial charge in [-0.05, 0) is 39.0 Å². The third kappa shape index (κ3) is 7.77. The van der Waals surface area contributed by atoms with E-state index in [0.29, 0.717) is 12.3 Å². The highest BCUT2D eigenvalue weighted by atomic mass is 19.1. The molecule has 0 saturated carbocycles. The SMILES string of the molecule is CC/C=C\C(C)CCC(C)(C)F. The molecule has 0 nitrogen and oxygen atoms in total. The molecule has 0 aliphatic carbocycles. The third-order valence-corrected chi connectivity index (χ3v) is 1.89. The van der Waals surface area contributed by atoms with Gasteiger partial charge in [0.2, 0.25) is 0 Å². The minimum absolute atomic E-state index is 0.514. The molecule has 0 aromatic heterocycles. The number of hydrogen-bond acceptors (Lipinski definition) is 0. The first-order valence-corrected chi connectivity index (χ1v) is 4.81. The predicted molar refractivity (Wildman–Crippen MR) is 53.0 cm³/mol. The molecule has 72 valence electrons. The van der Waals surface area contributed by atoms with Crippen molar-refractivity contribution < 1.29 is 4.39 Å². The zero-order valence-electron chi connectivity index (χ0n) is 8.73. The van der Waals surface area contributed by atoms with Crippen LogP contribution in [0.5, 0.6) is 0 Å². The summed E-state index contributed by atoms with van der Waals surface area (Å²) in [4.78, 5) is 0. The van der Waals surface area contributed by atoms with Crippen molar-refractivity contribution >= 4 is 0 Å². The van der Waals surface area contributed by atoms with Crippen molar-refractivity contribution in [2.45, 2.75) is 52.6 Å². The summed E-state index contributed by atoms with van der Waals surface area (Å²) in [6.07, 6.45) is 6.99. The Morgan fingerprint density at radius 3 is 2.42 bits per heavy atom. The average Bonchev–Trinajstić information content (AvgIpc) is 1.95. The van der Waals surface area contributed by atoms with Crippen LogP contribution in [0.15, 0.2) is 12.2 Å². The lowest BCUT2D eigenvalue weighted by Gasteiger charge is -2.15. The summed E-state index contributed by atoms with van der Waals surface area (Å²) in [5.74, 6) is 0.514. The molecule has 0 bridgehead atoms. The average molecular weight is 172 g/mol. The summed E-state index contributed by atoms with van der Waals surface area (Å²) in [5.41, 5.74) is -1.01. The zero-order chi connectivity index (χ0) is 9.61. The van der Waals surface area contributed by atoms with Crippen molar-refractivity contribution in [1.82, 2.24) is 0 Å². The lowest BCUT2D eigenvalue weighted by molar-refractivity contribution is 0.191. The smallest absolute Gasteiger partial charge is 0.105 e. The highest BCUT2D eigenvalue weighted by Gasteiger charge is 2.15. The Hall–Kier alpha value is -0.330. The van der Waals surface area contributed by atoms with E-state index in [9.17, 15) is 4.39 Å². The van der Waals surface area contributed by atoms with Crippen LogP contribution in [0, 0.1) is 5.92 Å². The fraction of sp³-hybridized carbons (Fsp3) is 0.818. The highest BCUT2D eigenvalue weighted by molar-refractivity contribution is 4.86. The van der Waals surface area contributed by atoms with Gasteiger partial charge in [0.25, 0.3) is 0 Å². The molecule has 0 aromatic carbocycles. The van der Waals surface area contributed by atoms with Gasteiger partial charge in [0.05, 0.1) is 0 Å². The molecular weight excluding hydrogens is 151 g/mol. The van der Waals surface area contributed by atoms with E-state index in [-0.39, 0.29) is 0 Å². The maximum Gasteiger partial charge on any atom is 0.105 e. The molecule has 0 radical (unpaired) electrons. The second-order valence-corrected chi connectivity index (χ2v) is 4.07. The first-order chi connectivity index (χ1) is 5.45. The maximum atomic E-state index is 13.0. The van der Waals surface area contributed by atoms with Gasteiger partial charge in [-0.1, -0.05) is 26.0 Å². The molecule has 1 atom stereocenters. The second-order valence-electron chi connectivity index (χ2n) is 4.07. The molecule has 12 heavy (non-hydrogen) atoms.